The van der Waals surface area contributed by atoms with Crippen LogP contribution in [0.2, 0.25) is 0 Å². The Morgan fingerprint density at radius 2 is 2.50 bits per heavy atom. The first kappa shape index (κ1) is 9.26. The lowest BCUT2D eigenvalue weighted by Crippen LogP contribution is -2.24. The molecular formula is C9H17N3. The lowest BCUT2D eigenvalue weighted by atomic mass is 10.2. The van der Waals surface area contributed by atoms with E-state index in [0.29, 0.717) is 6.04 Å². The standard InChI is InChI=1S/C9H17N3/c1-3-4-8(2)10-5-9-6-11-12-7-9/h6-8,10H,3-5H2,1-2H3,(H,11,12). The van der Waals surface area contributed by atoms with Gasteiger partial charge in [-0.2, -0.15) is 5.10 Å². The molecule has 0 aromatic carbocycles. The van der Waals surface area contributed by atoms with E-state index in [9.17, 15) is 0 Å². The van der Waals surface area contributed by atoms with Gasteiger partial charge in [-0.05, 0) is 13.3 Å². The van der Waals surface area contributed by atoms with Crippen molar-refractivity contribution < 1.29 is 0 Å². The van der Waals surface area contributed by atoms with Gasteiger partial charge in [0.15, 0.2) is 0 Å². The summed E-state index contributed by atoms with van der Waals surface area (Å²) in [6, 6.07) is 0.602. The summed E-state index contributed by atoms with van der Waals surface area (Å²) in [5.41, 5.74) is 1.22. The molecule has 1 rings (SSSR count). The van der Waals surface area contributed by atoms with Gasteiger partial charge in [-0.25, -0.2) is 0 Å². The molecule has 0 radical (unpaired) electrons. The van der Waals surface area contributed by atoms with Crippen molar-refractivity contribution in [2.75, 3.05) is 0 Å². The van der Waals surface area contributed by atoms with Crippen molar-refractivity contribution in [3.05, 3.63) is 18.0 Å². The van der Waals surface area contributed by atoms with E-state index < -0.39 is 0 Å². The van der Waals surface area contributed by atoms with Crippen LogP contribution in [-0.2, 0) is 6.54 Å². The second-order valence-electron chi connectivity index (χ2n) is 3.18. The topological polar surface area (TPSA) is 40.7 Å². The van der Waals surface area contributed by atoms with E-state index in [1.165, 1.54) is 18.4 Å². The summed E-state index contributed by atoms with van der Waals surface area (Å²) in [4.78, 5) is 0. The van der Waals surface area contributed by atoms with Gasteiger partial charge in [0.2, 0.25) is 0 Å². The van der Waals surface area contributed by atoms with E-state index in [2.05, 4.69) is 29.4 Å². The van der Waals surface area contributed by atoms with Gasteiger partial charge in [-0.1, -0.05) is 13.3 Å². The maximum atomic E-state index is 3.88. The monoisotopic (exact) mass is 167 g/mol. The molecule has 3 heteroatoms. The van der Waals surface area contributed by atoms with Gasteiger partial charge in [-0.15, -0.1) is 0 Å². The summed E-state index contributed by atoms with van der Waals surface area (Å²) in [6.07, 6.45) is 6.24. The highest BCUT2D eigenvalue weighted by Gasteiger charge is 1.99. The van der Waals surface area contributed by atoms with E-state index in [4.69, 9.17) is 0 Å². The summed E-state index contributed by atoms with van der Waals surface area (Å²) < 4.78 is 0. The number of H-pyrrole nitrogens is 1. The number of nitrogens with one attached hydrogen (secondary N) is 2. The normalized spacial score (nSPS) is 13.2. The first-order chi connectivity index (χ1) is 5.83. The third kappa shape index (κ3) is 3.05. The van der Waals surface area contributed by atoms with E-state index in [1.807, 2.05) is 12.4 Å². The summed E-state index contributed by atoms with van der Waals surface area (Å²) in [6.45, 7) is 5.33. The molecule has 0 bridgehead atoms. The number of hydrogen-bond acceptors (Lipinski definition) is 2. The second-order valence-corrected chi connectivity index (χ2v) is 3.18. The molecule has 2 N–H and O–H groups in total. The molecule has 68 valence electrons. The average Bonchev–Trinajstić information content (AvgIpc) is 2.53. The number of hydrogen-bond donors (Lipinski definition) is 2. The highest BCUT2D eigenvalue weighted by molar-refractivity contribution is 5.01. The first-order valence-electron chi connectivity index (χ1n) is 4.54. The van der Waals surface area contributed by atoms with Crippen molar-refractivity contribution in [1.29, 1.82) is 0 Å². The minimum absolute atomic E-state index is 0.602. The molecule has 1 aromatic rings. The number of aromatic nitrogens is 2. The van der Waals surface area contributed by atoms with Gasteiger partial charge in [0.05, 0.1) is 6.20 Å². The summed E-state index contributed by atoms with van der Waals surface area (Å²) in [5, 5.41) is 10.1. The predicted octanol–water partition coefficient (Wildman–Crippen LogP) is 1.69. The zero-order chi connectivity index (χ0) is 8.81. The van der Waals surface area contributed by atoms with Crippen LogP contribution in [0.25, 0.3) is 0 Å². The fraction of sp³-hybridized carbons (Fsp3) is 0.667. The Hall–Kier alpha value is -0.830. The van der Waals surface area contributed by atoms with Crippen LogP contribution in [0.5, 0.6) is 0 Å². The highest BCUT2D eigenvalue weighted by Crippen LogP contribution is 1.98. The molecule has 0 spiro atoms. The maximum Gasteiger partial charge on any atom is 0.0532 e. The summed E-state index contributed by atoms with van der Waals surface area (Å²) in [7, 11) is 0. The molecule has 0 aliphatic rings. The molecule has 3 nitrogen and oxygen atoms in total. The van der Waals surface area contributed by atoms with Gasteiger partial charge in [0, 0.05) is 24.3 Å². The molecule has 1 heterocycles. The second kappa shape index (κ2) is 4.93. The Kier molecular flexibility index (Phi) is 3.80. The molecular weight excluding hydrogens is 150 g/mol. The van der Waals surface area contributed by atoms with Gasteiger partial charge in [-0.3, -0.25) is 5.10 Å². The van der Waals surface area contributed by atoms with E-state index in [-0.39, 0.29) is 0 Å². The van der Waals surface area contributed by atoms with Crippen LogP contribution in [0.1, 0.15) is 32.3 Å². The van der Waals surface area contributed by atoms with E-state index in [1.54, 1.807) is 0 Å². The lowest BCUT2D eigenvalue weighted by molar-refractivity contribution is 0.508. The van der Waals surface area contributed by atoms with Crippen molar-refractivity contribution in [3.8, 4) is 0 Å². The van der Waals surface area contributed by atoms with Crippen LogP contribution in [0.15, 0.2) is 12.4 Å². The Bertz CT molecular complexity index is 194. The van der Waals surface area contributed by atoms with Crippen molar-refractivity contribution in [3.63, 3.8) is 0 Å². The van der Waals surface area contributed by atoms with Crippen LogP contribution < -0.4 is 5.32 Å². The number of nitrogens with zero attached hydrogens (tertiary/aromatic N) is 1. The van der Waals surface area contributed by atoms with Crippen LogP contribution in [0.3, 0.4) is 0 Å². The van der Waals surface area contributed by atoms with Crippen molar-refractivity contribution in [1.82, 2.24) is 15.5 Å². The van der Waals surface area contributed by atoms with Gasteiger partial charge in [0.1, 0.15) is 0 Å². The molecule has 0 aliphatic heterocycles. The smallest absolute Gasteiger partial charge is 0.0532 e. The minimum atomic E-state index is 0.602. The molecule has 0 aliphatic carbocycles. The molecule has 0 saturated heterocycles. The van der Waals surface area contributed by atoms with Crippen LogP contribution >= 0.6 is 0 Å². The fourth-order valence-electron chi connectivity index (χ4n) is 1.20. The van der Waals surface area contributed by atoms with Crippen LogP contribution in [0, 0.1) is 0 Å². The largest absolute Gasteiger partial charge is 0.310 e. The first-order valence-corrected chi connectivity index (χ1v) is 4.54. The van der Waals surface area contributed by atoms with Crippen molar-refractivity contribution in [2.45, 2.75) is 39.3 Å². The molecule has 0 saturated carbocycles. The Balaban J connectivity index is 2.17. The zero-order valence-corrected chi connectivity index (χ0v) is 7.80. The average molecular weight is 167 g/mol. The third-order valence-electron chi connectivity index (χ3n) is 1.93. The number of rotatable bonds is 5. The van der Waals surface area contributed by atoms with Gasteiger partial charge < -0.3 is 5.32 Å². The van der Waals surface area contributed by atoms with Crippen LogP contribution in [-0.4, -0.2) is 16.2 Å². The fourth-order valence-corrected chi connectivity index (χ4v) is 1.20. The third-order valence-corrected chi connectivity index (χ3v) is 1.93. The lowest BCUT2D eigenvalue weighted by Gasteiger charge is -2.10. The Morgan fingerprint density at radius 1 is 1.67 bits per heavy atom. The Morgan fingerprint density at radius 3 is 3.08 bits per heavy atom. The van der Waals surface area contributed by atoms with E-state index in [0.717, 1.165) is 6.54 Å². The molecule has 0 amide bonds. The molecule has 1 unspecified atom stereocenters. The van der Waals surface area contributed by atoms with E-state index >= 15 is 0 Å². The molecule has 1 atom stereocenters. The number of aromatic amines is 1. The predicted molar refractivity (Wildman–Crippen MR) is 49.8 cm³/mol. The Labute approximate surface area is 73.6 Å². The van der Waals surface area contributed by atoms with Crippen molar-refractivity contribution in [2.24, 2.45) is 0 Å². The van der Waals surface area contributed by atoms with Crippen LogP contribution in [0.4, 0.5) is 0 Å². The molecule has 1 aromatic heterocycles. The molecule has 12 heavy (non-hydrogen) atoms. The summed E-state index contributed by atoms with van der Waals surface area (Å²) in [5.74, 6) is 0. The van der Waals surface area contributed by atoms with Gasteiger partial charge >= 0.3 is 0 Å². The maximum absolute atomic E-state index is 3.88. The zero-order valence-electron chi connectivity index (χ0n) is 7.80. The quantitative estimate of drug-likeness (QED) is 0.700. The SMILES string of the molecule is CCCC(C)NCc1cn[nH]c1. The summed E-state index contributed by atoms with van der Waals surface area (Å²) >= 11 is 0. The highest BCUT2D eigenvalue weighted by atomic mass is 15.1. The molecule has 0 fully saturated rings. The minimum Gasteiger partial charge on any atom is -0.310 e. The van der Waals surface area contributed by atoms with Gasteiger partial charge in [0.25, 0.3) is 0 Å². The van der Waals surface area contributed by atoms with Crippen molar-refractivity contribution >= 4 is 0 Å².